The Bertz CT molecular complexity index is 987. The van der Waals surface area contributed by atoms with Gasteiger partial charge in [0.25, 0.3) is 5.91 Å². The Morgan fingerprint density at radius 1 is 1.11 bits per heavy atom. The van der Waals surface area contributed by atoms with Crippen LogP contribution in [0.15, 0.2) is 53.4 Å². The van der Waals surface area contributed by atoms with E-state index in [4.69, 9.17) is 10.5 Å². The first kappa shape index (κ1) is 19.1. The van der Waals surface area contributed by atoms with Crippen LogP contribution in [0.5, 0.6) is 0 Å². The maximum absolute atomic E-state index is 13.0. The zero-order valence-corrected chi connectivity index (χ0v) is 15.6. The molecular formula is C19H20N2O5S. The molecule has 2 aromatic carbocycles. The SMILES string of the molecule is C[C@H](OC(=O)c1cccc(S(=O)(=O)N2CCc3ccccc3C2)c1)C(N)=O. The van der Waals surface area contributed by atoms with E-state index in [1.807, 2.05) is 24.3 Å². The van der Waals surface area contributed by atoms with Crippen molar-refractivity contribution < 1.29 is 22.7 Å². The van der Waals surface area contributed by atoms with E-state index >= 15 is 0 Å². The number of carbonyl (C=O) groups is 2. The predicted molar refractivity (Wildman–Crippen MR) is 98.3 cm³/mol. The Morgan fingerprint density at radius 3 is 2.52 bits per heavy atom. The Kier molecular flexibility index (Phi) is 5.29. The van der Waals surface area contributed by atoms with Gasteiger partial charge in [-0.25, -0.2) is 13.2 Å². The fraction of sp³-hybridized carbons (Fsp3) is 0.263. The number of esters is 1. The highest BCUT2D eigenvalue weighted by Crippen LogP contribution is 2.25. The van der Waals surface area contributed by atoms with Crippen LogP contribution in [0.1, 0.15) is 28.4 Å². The lowest BCUT2D eigenvalue weighted by atomic mass is 10.0. The summed E-state index contributed by atoms with van der Waals surface area (Å²) in [7, 11) is -3.77. The number of nitrogens with two attached hydrogens (primary N) is 1. The van der Waals surface area contributed by atoms with E-state index in [0.717, 1.165) is 11.1 Å². The van der Waals surface area contributed by atoms with Crippen LogP contribution in [0.4, 0.5) is 0 Å². The van der Waals surface area contributed by atoms with Gasteiger partial charge in [-0.1, -0.05) is 30.3 Å². The summed E-state index contributed by atoms with van der Waals surface area (Å²) in [6.45, 7) is 2.00. The second-order valence-corrected chi connectivity index (χ2v) is 8.27. The molecule has 0 aromatic heterocycles. The minimum atomic E-state index is -3.77. The molecular weight excluding hydrogens is 368 g/mol. The maximum Gasteiger partial charge on any atom is 0.338 e. The molecule has 0 aliphatic carbocycles. The van der Waals surface area contributed by atoms with Crippen LogP contribution in [-0.4, -0.2) is 37.2 Å². The lowest BCUT2D eigenvalue weighted by Crippen LogP contribution is -2.36. The molecule has 0 radical (unpaired) electrons. The summed E-state index contributed by atoms with van der Waals surface area (Å²) in [6.07, 6.45) is -0.468. The van der Waals surface area contributed by atoms with Crippen molar-refractivity contribution in [3.05, 3.63) is 65.2 Å². The van der Waals surface area contributed by atoms with Crippen LogP contribution in [0.3, 0.4) is 0 Å². The van der Waals surface area contributed by atoms with Gasteiger partial charge in [0.15, 0.2) is 6.10 Å². The molecule has 0 unspecified atom stereocenters. The van der Waals surface area contributed by atoms with E-state index in [1.165, 1.54) is 35.5 Å². The smallest absolute Gasteiger partial charge is 0.338 e. The Labute approximate surface area is 157 Å². The van der Waals surface area contributed by atoms with Gasteiger partial charge >= 0.3 is 5.97 Å². The lowest BCUT2D eigenvalue weighted by molar-refractivity contribution is -0.125. The van der Waals surface area contributed by atoms with Gasteiger partial charge in [0.2, 0.25) is 10.0 Å². The van der Waals surface area contributed by atoms with Crippen molar-refractivity contribution in [3.8, 4) is 0 Å². The molecule has 0 bridgehead atoms. The number of rotatable bonds is 5. The van der Waals surface area contributed by atoms with Crippen LogP contribution >= 0.6 is 0 Å². The summed E-state index contributed by atoms with van der Waals surface area (Å²) in [6, 6.07) is 13.3. The monoisotopic (exact) mass is 388 g/mol. The predicted octanol–water partition coefficient (Wildman–Crippen LogP) is 1.46. The fourth-order valence-electron chi connectivity index (χ4n) is 2.89. The maximum atomic E-state index is 13.0. The van der Waals surface area contributed by atoms with Gasteiger partial charge in [-0.15, -0.1) is 0 Å². The second kappa shape index (κ2) is 7.50. The molecule has 0 fully saturated rings. The van der Waals surface area contributed by atoms with Crippen molar-refractivity contribution in [2.45, 2.75) is 30.9 Å². The van der Waals surface area contributed by atoms with Gasteiger partial charge in [0.05, 0.1) is 10.5 Å². The van der Waals surface area contributed by atoms with Crippen molar-refractivity contribution in [3.63, 3.8) is 0 Å². The van der Waals surface area contributed by atoms with Crippen LogP contribution < -0.4 is 5.73 Å². The standard InChI is InChI=1S/C19H20N2O5S/c1-13(18(20)22)26-19(23)15-7-4-8-17(11-15)27(24,25)21-10-9-14-5-2-3-6-16(14)12-21/h2-8,11,13H,9-10,12H2,1H3,(H2,20,22)/t13-/m0/s1. The first-order chi connectivity index (χ1) is 12.8. The molecule has 1 aliphatic heterocycles. The molecule has 1 amide bonds. The third kappa shape index (κ3) is 4.01. The molecule has 8 heteroatoms. The first-order valence-corrected chi connectivity index (χ1v) is 9.90. The molecule has 0 spiro atoms. The molecule has 0 saturated heterocycles. The van der Waals surface area contributed by atoms with E-state index in [-0.39, 0.29) is 17.0 Å². The summed E-state index contributed by atoms with van der Waals surface area (Å²) in [5.74, 6) is -1.58. The number of primary amides is 1. The molecule has 1 aliphatic rings. The fourth-order valence-corrected chi connectivity index (χ4v) is 4.36. The molecule has 1 atom stereocenters. The number of amides is 1. The summed E-state index contributed by atoms with van der Waals surface area (Å²) >= 11 is 0. The van der Waals surface area contributed by atoms with E-state index in [2.05, 4.69) is 0 Å². The van der Waals surface area contributed by atoms with E-state index in [0.29, 0.717) is 13.0 Å². The molecule has 7 nitrogen and oxygen atoms in total. The van der Waals surface area contributed by atoms with Crippen LogP contribution in [-0.2, 0) is 32.5 Å². The average Bonchev–Trinajstić information content (AvgIpc) is 2.67. The highest BCUT2D eigenvalue weighted by Gasteiger charge is 2.29. The molecule has 0 saturated carbocycles. The van der Waals surface area contributed by atoms with Crippen molar-refractivity contribution in [2.24, 2.45) is 5.73 Å². The second-order valence-electron chi connectivity index (χ2n) is 6.34. The Hall–Kier alpha value is -2.71. The normalized spacial score (nSPS) is 15.6. The molecule has 142 valence electrons. The summed E-state index contributed by atoms with van der Waals surface area (Å²) < 4.78 is 32.3. The summed E-state index contributed by atoms with van der Waals surface area (Å²) in [5.41, 5.74) is 7.23. The molecule has 2 N–H and O–H groups in total. The van der Waals surface area contributed by atoms with Gasteiger partial charge in [-0.2, -0.15) is 4.31 Å². The third-order valence-corrected chi connectivity index (χ3v) is 6.33. The van der Waals surface area contributed by atoms with Gasteiger partial charge in [0.1, 0.15) is 0 Å². The third-order valence-electron chi connectivity index (χ3n) is 4.49. The number of ether oxygens (including phenoxy) is 1. The summed E-state index contributed by atoms with van der Waals surface area (Å²) in [5, 5.41) is 0. The quantitative estimate of drug-likeness (QED) is 0.781. The summed E-state index contributed by atoms with van der Waals surface area (Å²) in [4.78, 5) is 23.2. The van der Waals surface area contributed by atoms with Crippen LogP contribution in [0.2, 0.25) is 0 Å². The van der Waals surface area contributed by atoms with E-state index in [1.54, 1.807) is 0 Å². The van der Waals surface area contributed by atoms with E-state index in [9.17, 15) is 18.0 Å². The first-order valence-electron chi connectivity index (χ1n) is 8.46. The number of nitrogens with zero attached hydrogens (tertiary/aromatic N) is 1. The van der Waals surface area contributed by atoms with E-state index < -0.39 is 28.0 Å². The van der Waals surface area contributed by atoms with Gasteiger partial charge in [-0.3, -0.25) is 4.79 Å². The average molecular weight is 388 g/mol. The van der Waals surface area contributed by atoms with Crippen molar-refractivity contribution >= 4 is 21.9 Å². The molecule has 27 heavy (non-hydrogen) atoms. The zero-order chi connectivity index (χ0) is 19.6. The van der Waals surface area contributed by atoms with Crippen molar-refractivity contribution in [2.75, 3.05) is 6.54 Å². The minimum absolute atomic E-state index is 0.00283. The largest absolute Gasteiger partial charge is 0.449 e. The number of carbonyl (C=O) groups excluding carboxylic acids is 2. The van der Waals surface area contributed by atoms with Gasteiger partial charge < -0.3 is 10.5 Å². The molecule has 3 rings (SSSR count). The van der Waals surface area contributed by atoms with Gasteiger partial charge in [-0.05, 0) is 42.7 Å². The highest BCUT2D eigenvalue weighted by atomic mass is 32.2. The number of sulfonamides is 1. The minimum Gasteiger partial charge on any atom is -0.449 e. The van der Waals surface area contributed by atoms with Crippen LogP contribution in [0.25, 0.3) is 0 Å². The number of hydrogen-bond donors (Lipinski definition) is 1. The Balaban J connectivity index is 1.84. The zero-order valence-electron chi connectivity index (χ0n) is 14.8. The van der Waals surface area contributed by atoms with Crippen molar-refractivity contribution in [1.82, 2.24) is 4.31 Å². The number of benzene rings is 2. The lowest BCUT2D eigenvalue weighted by Gasteiger charge is -2.28. The van der Waals surface area contributed by atoms with Crippen molar-refractivity contribution in [1.29, 1.82) is 0 Å². The molecule has 1 heterocycles. The molecule has 2 aromatic rings. The van der Waals surface area contributed by atoms with Crippen LogP contribution in [0, 0.1) is 0 Å². The number of fused-ring (bicyclic) bond motifs is 1. The van der Waals surface area contributed by atoms with Gasteiger partial charge in [0, 0.05) is 13.1 Å². The topological polar surface area (TPSA) is 107 Å². The number of hydrogen-bond acceptors (Lipinski definition) is 5. The highest BCUT2D eigenvalue weighted by molar-refractivity contribution is 7.89. The Morgan fingerprint density at radius 2 is 1.81 bits per heavy atom.